The molecule has 0 radical (unpaired) electrons. The van der Waals surface area contributed by atoms with Crippen molar-refractivity contribution in [3.63, 3.8) is 0 Å². The first-order chi connectivity index (χ1) is 9.70. The summed E-state index contributed by atoms with van der Waals surface area (Å²) in [6, 6.07) is 8.70. The SMILES string of the molecule is Cc1ccc(C)c(C(=O)c2ccc(C(F)(F)F)cc2C)c1. The average Bonchev–Trinajstić information content (AvgIpc) is 2.39. The van der Waals surface area contributed by atoms with Gasteiger partial charge in [0.1, 0.15) is 0 Å². The molecule has 0 spiro atoms. The molecule has 0 saturated carbocycles. The molecule has 0 saturated heterocycles. The third-order valence-corrected chi connectivity index (χ3v) is 3.44. The summed E-state index contributed by atoms with van der Waals surface area (Å²) in [6.45, 7) is 5.20. The molecule has 0 fully saturated rings. The zero-order valence-electron chi connectivity index (χ0n) is 12.0. The van der Waals surface area contributed by atoms with Gasteiger partial charge in [-0.05, 0) is 50.1 Å². The number of carbonyl (C=O) groups excluding carboxylic acids is 1. The van der Waals surface area contributed by atoms with Crippen LogP contribution in [0.5, 0.6) is 0 Å². The molecule has 0 aliphatic rings. The molecular weight excluding hydrogens is 277 g/mol. The Balaban J connectivity index is 2.47. The maximum atomic E-state index is 12.7. The molecule has 2 aromatic carbocycles. The van der Waals surface area contributed by atoms with E-state index in [0.29, 0.717) is 16.7 Å². The van der Waals surface area contributed by atoms with Crippen molar-refractivity contribution in [3.05, 3.63) is 69.8 Å². The predicted octanol–water partition coefficient (Wildman–Crippen LogP) is 4.86. The minimum absolute atomic E-state index is 0.248. The first-order valence-corrected chi connectivity index (χ1v) is 6.50. The summed E-state index contributed by atoms with van der Waals surface area (Å²) >= 11 is 0. The Hall–Kier alpha value is -2.10. The molecule has 0 heterocycles. The van der Waals surface area contributed by atoms with E-state index in [-0.39, 0.29) is 5.78 Å². The minimum Gasteiger partial charge on any atom is -0.289 e. The fourth-order valence-corrected chi connectivity index (χ4v) is 2.22. The fraction of sp³-hybridized carbons (Fsp3) is 0.235. The third-order valence-electron chi connectivity index (χ3n) is 3.44. The molecular formula is C17H15F3O. The van der Waals surface area contributed by atoms with Crippen LogP contribution in [0.2, 0.25) is 0 Å². The number of ketones is 1. The molecule has 2 aromatic rings. The second kappa shape index (κ2) is 5.35. The lowest BCUT2D eigenvalue weighted by atomic mass is 9.94. The van der Waals surface area contributed by atoms with Crippen LogP contribution in [0.3, 0.4) is 0 Å². The Morgan fingerprint density at radius 3 is 2.10 bits per heavy atom. The summed E-state index contributed by atoms with van der Waals surface area (Å²) in [5, 5.41) is 0. The van der Waals surface area contributed by atoms with Gasteiger partial charge in [-0.25, -0.2) is 0 Å². The number of carbonyl (C=O) groups is 1. The minimum atomic E-state index is -4.40. The quantitative estimate of drug-likeness (QED) is 0.722. The van der Waals surface area contributed by atoms with Crippen molar-refractivity contribution in [2.75, 3.05) is 0 Å². The highest BCUT2D eigenvalue weighted by atomic mass is 19.4. The van der Waals surface area contributed by atoms with Gasteiger partial charge in [0, 0.05) is 11.1 Å². The topological polar surface area (TPSA) is 17.1 Å². The molecule has 1 nitrogen and oxygen atoms in total. The predicted molar refractivity (Wildman–Crippen MR) is 75.5 cm³/mol. The van der Waals surface area contributed by atoms with E-state index < -0.39 is 11.7 Å². The highest BCUT2D eigenvalue weighted by molar-refractivity contribution is 6.10. The maximum Gasteiger partial charge on any atom is 0.416 e. The molecule has 4 heteroatoms. The van der Waals surface area contributed by atoms with Gasteiger partial charge in [0.25, 0.3) is 0 Å². The number of hydrogen-bond donors (Lipinski definition) is 0. The van der Waals surface area contributed by atoms with Crippen LogP contribution in [-0.4, -0.2) is 5.78 Å². The first kappa shape index (κ1) is 15.3. The maximum absolute atomic E-state index is 12.7. The summed E-state index contributed by atoms with van der Waals surface area (Å²) in [4.78, 5) is 12.5. The number of hydrogen-bond acceptors (Lipinski definition) is 1. The molecule has 110 valence electrons. The number of rotatable bonds is 2. The Morgan fingerprint density at radius 1 is 0.857 bits per heavy atom. The van der Waals surface area contributed by atoms with E-state index in [4.69, 9.17) is 0 Å². The van der Waals surface area contributed by atoms with Crippen molar-refractivity contribution in [3.8, 4) is 0 Å². The van der Waals surface area contributed by atoms with Crippen LogP contribution in [0.25, 0.3) is 0 Å². The van der Waals surface area contributed by atoms with Crippen LogP contribution in [0.1, 0.15) is 38.2 Å². The summed E-state index contributed by atoms with van der Waals surface area (Å²) < 4.78 is 38.0. The van der Waals surface area contributed by atoms with Gasteiger partial charge >= 0.3 is 6.18 Å². The molecule has 0 atom stereocenters. The molecule has 0 aliphatic heterocycles. The molecule has 0 bridgehead atoms. The van der Waals surface area contributed by atoms with E-state index in [0.717, 1.165) is 23.3 Å². The molecule has 0 unspecified atom stereocenters. The van der Waals surface area contributed by atoms with E-state index in [1.54, 1.807) is 6.07 Å². The number of benzene rings is 2. The van der Waals surface area contributed by atoms with Crippen molar-refractivity contribution in [2.45, 2.75) is 26.9 Å². The average molecular weight is 292 g/mol. The molecule has 0 N–H and O–H groups in total. The highest BCUT2D eigenvalue weighted by Gasteiger charge is 2.31. The van der Waals surface area contributed by atoms with Crippen molar-refractivity contribution < 1.29 is 18.0 Å². The number of aryl methyl sites for hydroxylation is 3. The largest absolute Gasteiger partial charge is 0.416 e. The summed E-state index contributed by atoms with van der Waals surface area (Å²) in [6.07, 6.45) is -4.40. The summed E-state index contributed by atoms with van der Waals surface area (Å²) in [5.74, 6) is -0.248. The Kier molecular flexibility index (Phi) is 3.90. The third kappa shape index (κ3) is 3.15. The van der Waals surface area contributed by atoms with Crippen LogP contribution < -0.4 is 0 Å². The van der Waals surface area contributed by atoms with Gasteiger partial charge in [0.15, 0.2) is 5.78 Å². The molecule has 0 amide bonds. The lowest BCUT2D eigenvalue weighted by Crippen LogP contribution is -2.10. The van der Waals surface area contributed by atoms with E-state index in [1.807, 2.05) is 26.0 Å². The van der Waals surface area contributed by atoms with Crippen LogP contribution in [0.4, 0.5) is 13.2 Å². The molecule has 0 aromatic heterocycles. The van der Waals surface area contributed by atoms with E-state index in [9.17, 15) is 18.0 Å². The zero-order valence-corrected chi connectivity index (χ0v) is 12.0. The van der Waals surface area contributed by atoms with Gasteiger partial charge < -0.3 is 0 Å². The van der Waals surface area contributed by atoms with Gasteiger partial charge in [-0.3, -0.25) is 4.79 Å². The zero-order chi connectivity index (χ0) is 15.8. The second-order valence-electron chi connectivity index (χ2n) is 5.17. The van der Waals surface area contributed by atoms with Crippen LogP contribution in [-0.2, 0) is 6.18 Å². The highest BCUT2D eigenvalue weighted by Crippen LogP contribution is 2.31. The molecule has 0 aliphatic carbocycles. The van der Waals surface area contributed by atoms with Crippen molar-refractivity contribution in [1.29, 1.82) is 0 Å². The lowest BCUT2D eigenvalue weighted by molar-refractivity contribution is -0.137. The van der Waals surface area contributed by atoms with E-state index in [1.165, 1.54) is 13.0 Å². The van der Waals surface area contributed by atoms with Gasteiger partial charge in [-0.1, -0.05) is 23.8 Å². The smallest absolute Gasteiger partial charge is 0.289 e. The Bertz CT molecular complexity index is 700. The standard InChI is InChI=1S/C17H15F3O/c1-10-4-5-11(2)15(8-10)16(21)14-7-6-13(9-12(14)3)17(18,19)20/h4-9H,1-3H3. The number of halogens is 3. The van der Waals surface area contributed by atoms with Crippen molar-refractivity contribution in [2.24, 2.45) is 0 Å². The van der Waals surface area contributed by atoms with E-state index in [2.05, 4.69) is 0 Å². The van der Waals surface area contributed by atoms with Crippen molar-refractivity contribution in [1.82, 2.24) is 0 Å². The van der Waals surface area contributed by atoms with Gasteiger partial charge in [0.05, 0.1) is 5.56 Å². The lowest BCUT2D eigenvalue weighted by Gasteiger charge is -2.12. The van der Waals surface area contributed by atoms with Gasteiger partial charge in [-0.15, -0.1) is 0 Å². The van der Waals surface area contributed by atoms with Crippen LogP contribution >= 0.6 is 0 Å². The monoisotopic (exact) mass is 292 g/mol. The van der Waals surface area contributed by atoms with E-state index >= 15 is 0 Å². The Labute approximate surface area is 121 Å². The van der Waals surface area contributed by atoms with Gasteiger partial charge in [0.2, 0.25) is 0 Å². The van der Waals surface area contributed by atoms with Crippen LogP contribution in [0, 0.1) is 20.8 Å². The fourth-order valence-electron chi connectivity index (χ4n) is 2.22. The normalized spacial score (nSPS) is 11.5. The van der Waals surface area contributed by atoms with Crippen LogP contribution in [0.15, 0.2) is 36.4 Å². The molecule has 21 heavy (non-hydrogen) atoms. The van der Waals surface area contributed by atoms with Crippen molar-refractivity contribution >= 4 is 5.78 Å². The summed E-state index contributed by atoms with van der Waals surface area (Å²) in [5.41, 5.74) is 2.17. The molecule has 2 rings (SSSR count). The Morgan fingerprint density at radius 2 is 1.52 bits per heavy atom. The first-order valence-electron chi connectivity index (χ1n) is 6.50. The second-order valence-corrected chi connectivity index (χ2v) is 5.17. The summed E-state index contributed by atoms with van der Waals surface area (Å²) in [7, 11) is 0. The van der Waals surface area contributed by atoms with Gasteiger partial charge in [-0.2, -0.15) is 13.2 Å². The number of alkyl halides is 3.